The lowest BCUT2D eigenvalue weighted by Gasteiger charge is -2.54. The molecule has 0 bridgehead atoms. The van der Waals surface area contributed by atoms with Crippen molar-refractivity contribution in [1.82, 2.24) is 4.90 Å². The van der Waals surface area contributed by atoms with Gasteiger partial charge in [0.15, 0.2) is 43.5 Å². The zero-order valence-corrected chi connectivity index (χ0v) is 50.1. The fourth-order valence-electron chi connectivity index (χ4n) is 11.4. The Kier molecular flexibility index (Phi) is 21.9. The van der Waals surface area contributed by atoms with Crippen LogP contribution in [0, 0.1) is 0 Å². The van der Waals surface area contributed by atoms with E-state index in [-0.39, 0.29) is 50.8 Å². The Morgan fingerprint density at radius 3 is 1.45 bits per heavy atom. The Morgan fingerprint density at radius 1 is 0.449 bits per heavy atom. The molecule has 472 valence electrons. The second kappa shape index (κ2) is 30.3. The van der Waals surface area contributed by atoms with Crippen molar-refractivity contribution in [2.24, 2.45) is 0 Å². The molecular weight excluding hydrogens is 1150 g/mol. The van der Waals surface area contributed by atoms with Crippen LogP contribution in [-0.4, -0.2) is 152 Å². The van der Waals surface area contributed by atoms with E-state index in [1.807, 2.05) is 127 Å². The molecule has 5 aliphatic rings. The third-order valence-electron chi connectivity index (χ3n) is 15.7. The van der Waals surface area contributed by atoms with Crippen LogP contribution >= 0.6 is 0 Å². The van der Waals surface area contributed by atoms with Crippen molar-refractivity contribution >= 4 is 35.7 Å². The maximum atomic E-state index is 15.1. The first kappa shape index (κ1) is 64.4. The SMILES string of the molecule is CC(=O)OC[C@H]1O[C@@H](O[C@H]2[C@@H]3O[C@H](c4ccccc4)OC[C@H]3O[C@@H](O[C@H]3[C@H](OCc4ccccc4)[C@@H](OCc4ccccc4)[C@H](OCc4ccccc4)O[C@@H]3COCc3ccccc3)[C@@H]2N2C(=O)C(C)=C(C)C2=O)[C@H](OC(C)=O)[C@@H](OC(C)=O)[C@H]1OC(C)=O. The normalized spacial score (nSPS) is 29.4. The first-order chi connectivity index (χ1) is 43.1. The highest BCUT2D eigenvalue weighted by atomic mass is 16.8. The lowest BCUT2D eigenvalue weighted by molar-refractivity contribution is -0.399. The van der Waals surface area contributed by atoms with E-state index in [1.165, 1.54) is 13.8 Å². The van der Waals surface area contributed by atoms with E-state index >= 15 is 9.59 Å². The standard InChI is InChI=1S/C67H73NO21/c1-39-40(2)63(74)68(62(39)73)53-57(89-67-61(83-44(6)72)59(82-43(5)71)56(81-42(4)70)51(86-67)37-76-41(3)69)54-52(38-80-64(87-54)49-30-20-11-21-31-49)84-65(53)88-55-50(36-75-32-45-22-12-7-13-23-45)85-66(79-35-48-28-18-10-19-29-48)60(78-34-47-26-16-9-17-27-47)58(55)77-33-46-24-14-8-15-25-46/h7-31,50-61,64-67H,32-38H2,1-6H3/t50-,51-,52-,53-,54-,55-,56+,57-,58+,59+,60-,61-,64-,65+,66-,67+/m1/s1. The summed E-state index contributed by atoms with van der Waals surface area (Å²) in [5.74, 6) is -4.89. The number of hydrogen-bond donors (Lipinski definition) is 0. The molecule has 0 aliphatic carbocycles. The summed E-state index contributed by atoms with van der Waals surface area (Å²) < 4.78 is 98.9. The minimum atomic E-state index is -1.87. The Hall–Kier alpha value is -7.58. The molecular formula is C67H73NO21. The van der Waals surface area contributed by atoms with Crippen LogP contribution in [0.25, 0.3) is 0 Å². The zero-order chi connectivity index (χ0) is 62.6. The Morgan fingerprint density at radius 2 is 0.910 bits per heavy atom. The van der Waals surface area contributed by atoms with E-state index in [4.69, 9.17) is 71.1 Å². The van der Waals surface area contributed by atoms with Gasteiger partial charge < -0.3 is 71.1 Å². The van der Waals surface area contributed by atoms with Gasteiger partial charge in [-0.25, -0.2) is 0 Å². The number of esters is 4. The molecule has 22 heteroatoms. The highest BCUT2D eigenvalue weighted by Gasteiger charge is 2.62. The number of carbonyl (C=O) groups excluding carboxylic acids is 6. The van der Waals surface area contributed by atoms with E-state index < -0.39 is 141 Å². The number of ether oxygens (including phenoxy) is 15. The summed E-state index contributed by atoms with van der Waals surface area (Å²) in [6.07, 6.45) is -21.1. The maximum absolute atomic E-state index is 15.1. The quantitative estimate of drug-likeness (QED) is 0.0340. The average Bonchev–Trinajstić information content (AvgIpc) is 1.75. The molecule has 10 rings (SSSR count). The number of amides is 2. The van der Waals surface area contributed by atoms with E-state index in [1.54, 1.807) is 24.3 Å². The monoisotopic (exact) mass is 1230 g/mol. The largest absolute Gasteiger partial charge is 0.463 e. The predicted molar refractivity (Wildman–Crippen MR) is 310 cm³/mol. The minimum absolute atomic E-state index is 0.0157. The second-order valence-electron chi connectivity index (χ2n) is 22.1. The third-order valence-corrected chi connectivity index (χ3v) is 15.7. The third kappa shape index (κ3) is 16.1. The molecule has 22 nitrogen and oxygen atoms in total. The van der Waals surface area contributed by atoms with Crippen molar-refractivity contribution in [2.45, 2.75) is 166 Å². The average molecular weight is 1230 g/mol. The van der Waals surface area contributed by atoms with E-state index in [0.717, 1.165) is 54.8 Å². The van der Waals surface area contributed by atoms with Crippen LogP contribution in [0.2, 0.25) is 0 Å². The number of carbonyl (C=O) groups is 6. The maximum Gasteiger partial charge on any atom is 0.303 e. The van der Waals surface area contributed by atoms with Crippen LogP contribution in [0.3, 0.4) is 0 Å². The molecule has 5 heterocycles. The Balaban J connectivity index is 1.12. The summed E-state index contributed by atoms with van der Waals surface area (Å²) in [5, 5.41) is 0. The number of nitrogens with zero attached hydrogens (tertiary/aromatic N) is 1. The van der Waals surface area contributed by atoms with Gasteiger partial charge in [-0.1, -0.05) is 152 Å². The minimum Gasteiger partial charge on any atom is -0.463 e. The number of imide groups is 1. The number of benzene rings is 5. The summed E-state index contributed by atoms with van der Waals surface area (Å²) in [5.41, 5.74) is 4.09. The van der Waals surface area contributed by atoms with Gasteiger partial charge in [0.05, 0.1) is 39.6 Å². The van der Waals surface area contributed by atoms with Crippen molar-refractivity contribution in [3.05, 3.63) is 191 Å². The Bertz CT molecular complexity index is 3190. The molecule has 5 aromatic rings. The van der Waals surface area contributed by atoms with Crippen molar-refractivity contribution in [2.75, 3.05) is 19.8 Å². The first-order valence-corrected chi connectivity index (χ1v) is 29.5. The summed E-state index contributed by atoms with van der Waals surface area (Å²) in [6.45, 7) is 6.80. The lowest BCUT2D eigenvalue weighted by Crippen LogP contribution is -2.72. The van der Waals surface area contributed by atoms with E-state index in [0.29, 0.717) is 5.56 Å². The van der Waals surface area contributed by atoms with Gasteiger partial charge in [-0.05, 0) is 36.1 Å². The molecule has 4 saturated heterocycles. The summed E-state index contributed by atoms with van der Waals surface area (Å²) in [6, 6.07) is 45.3. The van der Waals surface area contributed by atoms with Gasteiger partial charge in [0, 0.05) is 44.4 Å². The van der Waals surface area contributed by atoms with Gasteiger partial charge in [-0.15, -0.1) is 0 Å². The van der Waals surface area contributed by atoms with Crippen LogP contribution in [0.4, 0.5) is 0 Å². The number of rotatable bonds is 24. The number of fused-ring (bicyclic) bond motifs is 1. The fraction of sp³-hybridized carbons (Fsp3) is 0.433. The van der Waals surface area contributed by atoms with Gasteiger partial charge >= 0.3 is 23.9 Å². The van der Waals surface area contributed by atoms with Gasteiger partial charge in [0.1, 0.15) is 61.5 Å². The molecule has 0 aromatic heterocycles. The second-order valence-corrected chi connectivity index (χ2v) is 22.1. The smallest absolute Gasteiger partial charge is 0.303 e. The molecule has 0 spiro atoms. The fourth-order valence-corrected chi connectivity index (χ4v) is 11.4. The van der Waals surface area contributed by atoms with Crippen LogP contribution in [0.15, 0.2) is 163 Å². The molecule has 0 saturated carbocycles. The summed E-state index contributed by atoms with van der Waals surface area (Å²) in [4.78, 5) is 82.9. The van der Waals surface area contributed by atoms with Crippen LogP contribution in [0.1, 0.15) is 75.6 Å². The summed E-state index contributed by atoms with van der Waals surface area (Å²) >= 11 is 0. The van der Waals surface area contributed by atoms with Crippen molar-refractivity contribution in [3.8, 4) is 0 Å². The lowest BCUT2D eigenvalue weighted by atomic mass is 9.92. The Labute approximate surface area is 515 Å². The molecule has 0 radical (unpaired) electrons. The molecule has 2 amide bonds. The molecule has 0 unspecified atom stereocenters. The van der Waals surface area contributed by atoms with Gasteiger partial charge in [-0.2, -0.15) is 0 Å². The first-order valence-electron chi connectivity index (χ1n) is 29.5. The van der Waals surface area contributed by atoms with E-state index in [9.17, 15) is 19.2 Å². The van der Waals surface area contributed by atoms with E-state index in [2.05, 4.69) is 0 Å². The van der Waals surface area contributed by atoms with Crippen LogP contribution in [-0.2, 0) is 126 Å². The molecule has 89 heavy (non-hydrogen) atoms. The van der Waals surface area contributed by atoms with Crippen molar-refractivity contribution < 1.29 is 99.8 Å². The molecule has 5 aliphatic heterocycles. The molecule has 0 N–H and O–H groups in total. The molecule has 5 aromatic carbocycles. The van der Waals surface area contributed by atoms with Crippen molar-refractivity contribution in [3.63, 3.8) is 0 Å². The predicted octanol–water partition coefficient (Wildman–Crippen LogP) is 7.08. The molecule has 16 atom stereocenters. The summed E-state index contributed by atoms with van der Waals surface area (Å²) in [7, 11) is 0. The molecule has 4 fully saturated rings. The topological polar surface area (TPSA) is 244 Å². The highest BCUT2D eigenvalue weighted by Crippen LogP contribution is 2.43. The zero-order valence-electron chi connectivity index (χ0n) is 50.1. The van der Waals surface area contributed by atoms with Crippen LogP contribution in [0.5, 0.6) is 0 Å². The van der Waals surface area contributed by atoms with Crippen molar-refractivity contribution in [1.29, 1.82) is 0 Å². The van der Waals surface area contributed by atoms with Crippen LogP contribution < -0.4 is 0 Å². The van der Waals surface area contributed by atoms with Gasteiger partial charge in [0.2, 0.25) is 0 Å². The van der Waals surface area contributed by atoms with Gasteiger partial charge in [-0.3, -0.25) is 33.7 Å². The number of hydrogen-bond acceptors (Lipinski definition) is 21. The van der Waals surface area contributed by atoms with Gasteiger partial charge in [0.25, 0.3) is 11.8 Å². The highest BCUT2D eigenvalue weighted by molar-refractivity contribution is 6.19.